The molecule has 3 atom stereocenters. The van der Waals surface area contributed by atoms with E-state index in [1.54, 1.807) is 36.5 Å². The van der Waals surface area contributed by atoms with Crippen molar-refractivity contribution in [3.63, 3.8) is 0 Å². The van der Waals surface area contributed by atoms with Gasteiger partial charge >= 0.3 is 6.18 Å². The molecule has 0 bridgehead atoms. The smallest absolute Gasteiger partial charge is 0.386 e. The molecule has 3 aromatic rings. The summed E-state index contributed by atoms with van der Waals surface area (Å²) in [5.41, 5.74) is 17.1. The third-order valence-corrected chi connectivity index (χ3v) is 6.50. The van der Waals surface area contributed by atoms with Crippen molar-refractivity contribution >= 4 is 34.3 Å². The van der Waals surface area contributed by atoms with Crippen molar-refractivity contribution in [2.45, 2.75) is 37.2 Å². The van der Waals surface area contributed by atoms with Crippen LogP contribution in [0.2, 0.25) is 0 Å². The molecule has 14 heteroatoms. The van der Waals surface area contributed by atoms with Gasteiger partial charge in [-0.3, -0.25) is 19.4 Å². The van der Waals surface area contributed by atoms with Crippen LogP contribution < -0.4 is 27.8 Å². The lowest BCUT2D eigenvalue weighted by atomic mass is 9.99. The summed E-state index contributed by atoms with van der Waals surface area (Å²) in [7, 11) is 0. The topological polar surface area (TPSA) is 190 Å². The van der Waals surface area contributed by atoms with Gasteiger partial charge in [0.15, 0.2) is 0 Å². The van der Waals surface area contributed by atoms with Crippen molar-refractivity contribution in [2.75, 3.05) is 31.5 Å². The summed E-state index contributed by atoms with van der Waals surface area (Å²) in [6.45, 7) is 1.02. The lowest BCUT2D eigenvalue weighted by Crippen LogP contribution is -2.52. The Hall–Kier alpha value is -4.11. The van der Waals surface area contributed by atoms with Gasteiger partial charge in [0.2, 0.25) is 17.7 Å². The normalized spacial score (nSPS) is 13.7. The van der Waals surface area contributed by atoms with Crippen molar-refractivity contribution < 1.29 is 32.7 Å². The number of benzene rings is 2. The predicted molar refractivity (Wildman–Crippen MR) is 151 cm³/mol. The van der Waals surface area contributed by atoms with E-state index < -0.39 is 41.7 Å². The third kappa shape index (κ3) is 8.69. The van der Waals surface area contributed by atoms with Gasteiger partial charge < -0.3 is 37.8 Å². The Bertz CT molecular complexity index is 1370. The highest BCUT2D eigenvalue weighted by molar-refractivity contribution is 5.99. The molecule has 9 N–H and O–H groups in total. The van der Waals surface area contributed by atoms with Gasteiger partial charge in [-0.25, -0.2) is 0 Å². The highest BCUT2D eigenvalue weighted by atomic mass is 19.4. The first kappa shape index (κ1) is 32.4. The number of aromatic nitrogens is 1. The maximum atomic E-state index is 13.3. The number of carbonyl (C=O) groups is 3. The van der Waals surface area contributed by atoms with E-state index in [4.69, 9.17) is 17.2 Å². The fourth-order valence-electron chi connectivity index (χ4n) is 4.22. The average Bonchev–Trinajstić information content (AvgIpc) is 2.97. The van der Waals surface area contributed by atoms with Crippen molar-refractivity contribution in [3.8, 4) is 0 Å². The molecule has 0 aliphatic rings. The molecule has 0 unspecified atom stereocenters. The van der Waals surface area contributed by atoms with Gasteiger partial charge in [-0.05, 0) is 48.4 Å². The van der Waals surface area contributed by atoms with E-state index >= 15 is 0 Å². The summed E-state index contributed by atoms with van der Waals surface area (Å²) in [6, 6.07) is 9.02. The third-order valence-electron chi connectivity index (χ3n) is 6.50. The zero-order valence-corrected chi connectivity index (χ0v) is 22.7. The fourth-order valence-corrected chi connectivity index (χ4v) is 4.22. The van der Waals surface area contributed by atoms with E-state index in [-0.39, 0.29) is 50.5 Å². The summed E-state index contributed by atoms with van der Waals surface area (Å²) in [4.78, 5) is 44.5. The maximum Gasteiger partial charge on any atom is 0.416 e. The molecule has 42 heavy (non-hydrogen) atoms. The number of nitrogens with zero attached hydrogens (tertiary/aromatic N) is 2. The van der Waals surface area contributed by atoms with Crippen molar-refractivity contribution in [2.24, 2.45) is 17.2 Å². The van der Waals surface area contributed by atoms with Crippen molar-refractivity contribution in [1.82, 2.24) is 15.2 Å². The number of amides is 3. The van der Waals surface area contributed by atoms with Crippen LogP contribution in [0.4, 0.5) is 18.9 Å². The van der Waals surface area contributed by atoms with Crippen LogP contribution in [0.15, 0.2) is 60.8 Å². The summed E-state index contributed by atoms with van der Waals surface area (Å²) in [6.07, 6.45) is -4.92. The minimum absolute atomic E-state index is 0.0471. The number of aliphatic hydroxyl groups excluding tert-OH is 1. The van der Waals surface area contributed by atoms with Crippen LogP contribution in [0.1, 0.15) is 30.1 Å². The molecule has 0 radical (unpaired) electrons. The van der Waals surface area contributed by atoms with Crippen LogP contribution in [-0.4, -0.2) is 71.0 Å². The summed E-state index contributed by atoms with van der Waals surface area (Å²) < 4.78 is 39.1. The molecule has 3 rings (SSSR count). The molecule has 0 saturated carbocycles. The Morgan fingerprint density at radius 2 is 1.64 bits per heavy atom. The lowest BCUT2D eigenvalue weighted by molar-refractivity contribution is -0.137. The average molecular weight is 590 g/mol. The first-order valence-corrected chi connectivity index (χ1v) is 13.2. The highest BCUT2D eigenvalue weighted by Gasteiger charge is 2.34. The van der Waals surface area contributed by atoms with Gasteiger partial charge in [-0.15, -0.1) is 0 Å². The minimum Gasteiger partial charge on any atom is -0.386 e. The number of nitrogens with one attached hydrogen (secondary N) is 2. The standard InChI is InChI=1S/C28H34F3N7O4/c29-28(30,31)19-5-3-17(4-6-19)25(40)24(27(42)36-20-7-9-22-18(16-20)2-1-13-35-22)37-26(41)21(34)8-10-23(39)38(14-11-32)15-12-33/h1-7,9,13,16,21,24-25,40H,8,10-12,14-15,32-34H2,(H,36,42)(H,37,41)/t21-,24-,25+/m0/s1. The summed E-state index contributed by atoms with van der Waals surface area (Å²) in [5, 5.41) is 16.8. The molecule has 0 spiro atoms. The molecule has 2 aromatic carbocycles. The number of alkyl halides is 3. The van der Waals surface area contributed by atoms with Crippen LogP contribution >= 0.6 is 0 Å². The first-order valence-electron chi connectivity index (χ1n) is 13.2. The summed E-state index contributed by atoms with van der Waals surface area (Å²) >= 11 is 0. The second-order valence-electron chi connectivity index (χ2n) is 9.55. The molecular weight excluding hydrogens is 555 g/mol. The number of carbonyl (C=O) groups excluding carboxylic acids is 3. The number of rotatable bonds is 13. The second kappa shape index (κ2) is 14.7. The molecule has 3 amide bonds. The Morgan fingerprint density at radius 3 is 2.26 bits per heavy atom. The minimum atomic E-state index is -4.60. The maximum absolute atomic E-state index is 13.3. The Morgan fingerprint density at radius 1 is 0.976 bits per heavy atom. The zero-order valence-electron chi connectivity index (χ0n) is 22.7. The Balaban J connectivity index is 1.79. The van der Waals surface area contributed by atoms with E-state index in [0.717, 1.165) is 24.3 Å². The number of halogens is 3. The molecule has 0 aliphatic carbocycles. The van der Waals surface area contributed by atoms with Crippen LogP contribution in [0.5, 0.6) is 0 Å². The van der Waals surface area contributed by atoms with E-state index in [9.17, 15) is 32.7 Å². The molecule has 226 valence electrons. The van der Waals surface area contributed by atoms with Crippen LogP contribution in [-0.2, 0) is 20.6 Å². The molecule has 1 heterocycles. The number of nitrogens with two attached hydrogens (primary N) is 3. The predicted octanol–water partition coefficient (Wildman–Crippen LogP) is 1.26. The Kier molecular flexibility index (Phi) is 11.3. The molecule has 0 aliphatic heterocycles. The van der Waals surface area contributed by atoms with E-state index in [1.165, 1.54) is 4.90 Å². The molecule has 1 aromatic heterocycles. The van der Waals surface area contributed by atoms with Crippen molar-refractivity contribution in [3.05, 3.63) is 71.9 Å². The molecule has 0 fully saturated rings. The fraction of sp³-hybridized carbons (Fsp3) is 0.357. The number of hydrogen-bond acceptors (Lipinski definition) is 8. The van der Waals surface area contributed by atoms with Crippen LogP contribution in [0.25, 0.3) is 10.9 Å². The van der Waals surface area contributed by atoms with Gasteiger partial charge in [0.05, 0.1) is 17.1 Å². The Labute approximate surface area is 240 Å². The monoisotopic (exact) mass is 589 g/mol. The van der Waals surface area contributed by atoms with Gasteiger partial charge in [0.25, 0.3) is 0 Å². The van der Waals surface area contributed by atoms with E-state index in [2.05, 4.69) is 15.6 Å². The number of pyridine rings is 1. The van der Waals surface area contributed by atoms with E-state index in [0.29, 0.717) is 16.6 Å². The SMILES string of the molecule is NCCN(CCN)C(=O)CC[C@H](N)C(=O)N[C@H](C(=O)Nc1ccc2ncccc2c1)[C@H](O)c1ccc(C(F)(F)F)cc1. The van der Waals surface area contributed by atoms with Gasteiger partial charge in [0.1, 0.15) is 12.1 Å². The zero-order chi connectivity index (χ0) is 30.9. The number of fused-ring (bicyclic) bond motifs is 1. The largest absolute Gasteiger partial charge is 0.416 e. The van der Waals surface area contributed by atoms with Crippen LogP contribution in [0.3, 0.4) is 0 Å². The lowest BCUT2D eigenvalue weighted by Gasteiger charge is -2.26. The summed E-state index contributed by atoms with van der Waals surface area (Å²) in [5.74, 6) is -2.00. The van der Waals surface area contributed by atoms with Gasteiger partial charge in [0, 0.05) is 49.9 Å². The molecular formula is C28H34F3N7O4. The number of hydrogen-bond donors (Lipinski definition) is 6. The quantitative estimate of drug-likeness (QED) is 0.172. The van der Waals surface area contributed by atoms with Gasteiger partial charge in [-0.1, -0.05) is 18.2 Å². The van der Waals surface area contributed by atoms with Crippen LogP contribution in [0, 0.1) is 0 Å². The highest BCUT2D eigenvalue weighted by Crippen LogP contribution is 2.30. The van der Waals surface area contributed by atoms with Gasteiger partial charge in [-0.2, -0.15) is 13.2 Å². The first-order chi connectivity index (χ1) is 19.9. The number of aliphatic hydroxyl groups is 1. The molecule has 0 saturated heterocycles. The second-order valence-corrected chi connectivity index (χ2v) is 9.55. The van der Waals surface area contributed by atoms with E-state index in [1.807, 2.05) is 0 Å². The molecule has 11 nitrogen and oxygen atoms in total. The number of anilines is 1. The van der Waals surface area contributed by atoms with Crippen molar-refractivity contribution in [1.29, 1.82) is 0 Å².